The largest absolute Gasteiger partial charge is 0.294 e. The fraction of sp³-hybridized carbons (Fsp3) is 0.0455. The quantitative estimate of drug-likeness (QED) is 0.588. The van der Waals surface area contributed by atoms with E-state index in [9.17, 15) is 9.18 Å². The van der Waals surface area contributed by atoms with Crippen molar-refractivity contribution >= 4 is 11.9 Å². The highest BCUT2D eigenvalue weighted by Crippen LogP contribution is 2.26. The fourth-order valence-corrected chi connectivity index (χ4v) is 2.66. The van der Waals surface area contributed by atoms with E-state index in [0.717, 1.165) is 16.7 Å². The smallest absolute Gasteiger partial charge is 0.167 e. The molecule has 2 heteroatoms. The number of carbonyl (C=O) groups excluding carboxylic acids is 1. The van der Waals surface area contributed by atoms with Crippen LogP contribution in [0, 0.1) is 5.82 Å². The topological polar surface area (TPSA) is 17.1 Å². The van der Waals surface area contributed by atoms with E-state index in [1.54, 1.807) is 24.3 Å². The summed E-state index contributed by atoms with van der Waals surface area (Å²) >= 11 is 0. The number of halogens is 1. The molecule has 0 bridgehead atoms. The molecular formula is C22H17FO. The van der Waals surface area contributed by atoms with Gasteiger partial charge in [0.1, 0.15) is 5.82 Å². The Morgan fingerprint density at radius 1 is 0.750 bits per heavy atom. The predicted molar refractivity (Wildman–Crippen MR) is 95.2 cm³/mol. The van der Waals surface area contributed by atoms with Crippen molar-refractivity contribution in [2.24, 2.45) is 0 Å². The van der Waals surface area contributed by atoms with E-state index in [2.05, 4.69) is 0 Å². The van der Waals surface area contributed by atoms with Crippen molar-refractivity contribution in [3.8, 4) is 0 Å². The molecule has 24 heavy (non-hydrogen) atoms. The number of rotatable bonds is 5. The minimum Gasteiger partial charge on any atom is -0.294 e. The number of ketones is 1. The lowest BCUT2D eigenvalue weighted by Gasteiger charge is -2.15. The molecule has 118 valence electrons. The number of benzene rings is 3. The van der Waals surface area contributed by atoms with Crippen LogP contribution in [-0.2, 0) is 4.79 Å². The molecule has 0 saturated carbocycles. The maximum atomic E-state index is 13.0. The summed E-state index contributed by atoms with van der Waals surface area (Å²) in [5.74, 6) is -0.634. The number of allylic oxidation sites excluding steroid dienone is 1. The third kappa shape index (κ3) is 3.85. The molecule has 0 aliphatic heterocycles. The molecule has 0 spiro atoms. The highest BCUT2D eigenvalue weighted by molar-refractivity contribution is 6.00. The summed E-state index contributed by atoms with van der Waals surface area (Å²) in [7, 11) is 0. The van der Waals surface area contributed by atoms with Gasteiger partial charge in [0.05, 0.1) is 5.92 Å². The molecule has 0 heterocycles. The van der Waals surface area contributed by atoms with Crippen LogP contribution in [-0.4, -0.2) is 5.78 Å². The molecule has 0 aliphatic rings. The Hall–Kier alpha value is -3.00. The van der Waals surface area contributed by atoms with Gasteiger partial charge in [-0.25, -0.2) is 4.39 Å². The van der Waals surface area contributed by atoms with Crippen molar-refractivity contribution in [1.82, 2.24) is 0 Å². The summed E-state index contributed by atoms with van der Waals surface area (Å²) in [4.78, 5) is 12.8. The van der Waals surface area contributed by atoms with Crippen LogP contribution in [0.15, 0.2) is 91.0 Å². The molecule has 0 N–H and O–H groups in total. The monoisotopic (exact) mass is 316 g/mol. The van der Waals surface area contributed by atoms with Gasteiger partial charge < -0.3 is 0 Å². The lowest BCUT2D eigenvalue weighted by Crippen LogP contribution is -2.11. The van der Waals surface area contributed by atoms with Crippen molar-refractivity contribution in [2.45, 2.75) is 5.92 Å². The SMILES string of the molecule is O=C(C=Cc1ccc(F)cc1)C(c1ccccc1)c1ccccc1. The molecule has 0 saturated heterocycles. The molecular weight excluding hydrogens is 299 g/mol. The first-order valence-corrected chi connectivity index (χ1v) is 7.81. The van der Waals surface area contributed by atoms with Gasteiger partial charge in [0.25, 0.3) is 0 Å². The first kappa shape index (κ1) is 15.9. The van der Waals surface area contributed by atoms with Crippen LogP contribution in [0.1, 0.15) is 22.6 Å². The first-order chi connectivity index (χ1) is 11.7. The fourth-order valence-electron chi connectivity index (χ4n) is 2.66. The van der Waals surface area contributed by atoms with Crippen LogP contribution >= 0.6 is 0 Å². The minimum absolute atomic E-state index is 0.00303. The van der Waals surface area contributed by atoms with Gasteiger partial charge in [0, 0.05) is 0 Å². The van der Waals surface area contributed by atoms with Gasteiger partial charge in [-0.2, -0.15) is 0 Å². The second-order valence-corrected chi connectivity index (χ2v) is 5.54. The summed E-state index contributed by atoms with van der Waals surface area (Å²) in [5, 5.41) is 0. The normalized spacial score (nSPS) is 11.1. The van der Waals surface area contributed by atoms with Gasteiger partial charge in [-0.05, 0) is 34.9 Å². The second-order valence-electron chi connectivity index (χ2n) is 5.54. The van der Waals surface area contributed by atoms with Crippen LogP contribution in [0.5, 0.6) is 0 Å². The van der Waals surface area contributed by atoms with E-state index < -0.39 is 0 Å². The first-order valence-electron chi connectivity index (χ1n) is 7.81. The van der Waals surface area contributed by atoms with Gasteiger partial charge in [0.2, 0.25) is 0 Å². The second kappa shape index (κ2) is 7.51. The van der Waals surface area contributed by atoms with E-state index in [-0.39, 0.29) is 17.5 Å². The van der Waals surface area contributed by atoms with E-state index in [0.29, 0.717) is 0 Å². The average molecular weight is 316 g/mol. The zero-order valence-electron chi connectivity index (χ0n) is 13.1. The van der Waals surface area contributed by atoms with Crippen LogP contribution in [0.25, 0.3) is 6.08 Å². The van der Waals surface area contributed by atoms with Gasteiger partial charge in [-0.1, -0.05) is 78.9 Å². The summed E-state index contributed by atoms with van der Waals surface area (Å²) in [5.41, 5.74) is 2.71. The van der Waals surface area contributed by atoms with Crippen LogP contribution in [0.2, 0.25) is 0 Å². The Bertz CT molecular complexity index is 781. The third-order valence-electron chi connectivity index (χ3n) is 3.86. The molecule has 1 nitrogen and oxygen atoms in total. The van der Waals surface area contributed by atoms with Crippen molar-refractivity contribution in [3.63, 3.8) is 0 Å². The van der Waals surface area contributed by atoms with Gasteiger partial charge in [-0.15, -0.1) is 0 Å². The van der Waals surface area contributed by atoms with E-state index in [4.69, 9.17) is 0 Å². The van der Waals surface area contributed by atoms with E-state index in [1.807, 2.05) is 60.7 Å². The maximum absolute atomic E-state index is 13.0. The summed E-state index contributed by atoms with van der Waals surface area (Å²) in [6.45, 7) is 0. The standard InChI is InChI=1S/C22H17FO/c23-20-14-11-17(12-15-20)13-16-21(24)22(18-7-3-1-4-8-18)19-9-5-2-6-10-19/h1-16,22H. The number of hydrogen-bond donors (Lipinski definition) is 0. The predicted octanol–water partition coefficient (Wildman–Crippen LogP) is 5.24. The molecule has 3 aromatic carbocycles. The molecule has 0 aromatic heterocycles. The molecule has 0 aliphatic carbocycles. The lowest BCUT2D eigenvalue weighted by molar-refractivity contribution is -0.115. The average Bonchev–Trinajstić information content (AvgIpc) is 2.63. The molecule has 0 fully saturated rings. The van der Waals surface area contributed by atoms with Crippen molar-refractivity contribution in [2.75, 3.05) is 0 Å². The van der Waals surface area contributed by atoms with E-state index >= 15 is 0 Å². The Kier molecular flexibility index (Phi) is 4.97. The third-order valence-corrected chi connectivity index (χ3v) is 3.86. The summed E-state index contributed by atoms with van der Waals surface area (Å²) in [6, 6.07) is 25.5. The number of carbonyl (C=O) groups is 1. The van der Waals surface area contributed by atoms with Crippen LogP contribution in [0.4, 0.5) is 4.39 Å². The lowest BCUT2D eigenvalue weighted by atomic mass is 9.87. The highest BCUT2D eigenvalue weighted by Gasteiger charge is 2.20. The number of hydrogen-bond acceptors (Lipinski definition) is 1. The van der Waals surface area contributed by atoms with Gasteiger partial charge in [-0.3, -0.25) is 4.79 Å². The Morgan fingerprint density at radius 2 is 1.25 bits per heavy atom. The molecule has 0 amide bonds. The van der Waals surface area contributed by atoms with Crippen molar-refractivity contribution in [1.29, 1.82) is 0 Å². The van der Waals surface area contributed by atoms with E-state index in [1.165, 1.54) is 12.1 Å². The molecule has 3 rings (SSSR count). The molecule has 3 aromatic rings. The summed E-state index contributed by atoms with van der Waals surface area (Å²) in [6.07, 6.45) is 3.29. The zero-order chi connectivity index (χ0) is 16.8. The van der Waals surface area contributed by atoms with Crippen LogP contribution < -0.4 is 0 Å². The highest BCUT2D eigenvalue weighted by atomic mass is 19.1. The zero-order valence-corrected chi connectivity index (χ0v) is 13.1. The summed E-state index contributed by atoms with van der Waals surface area (Å²) < 4.78 is 13.0. The minimum atomic E-state index is -0.343. The molecule has 0 unspecified atom stereocenters. The maximum Gasteiger partial charge on any atom is 0.167 e. The molecule has 0 radical (unpaired) electrons. The Balaban J connectivity index is 1.91. The van der Waals surface area contributed by atoms with Crippen molar-refractivity contribution in [3.05, 3.63) is 114 Å². The van der Waals surface area contributed by atoms with Crippen molar-refractivity contribution < 1.29 is 9.18 Å². The van der Waals surface area contributed by atoms with Gasteiger partial charge in [0.15, 0.2) is 5.78 Å². The Morgan fingerprint density at radius 3 is 1.75 bits per heavy atom. The molecule has 0 atom stereocenters. The van der Waals surface area contributed by atoms with Gasteiger partial charge >= 0.3 is 0 Å². The Labute approximate surface area is 141 Å². The van der Waals surface area contributed by atoms with Crippen LogP contribution in [0.3, 0.4) is 0 Å².